The van der Waals surface area contributed by atoms with E-state index >= 15 is 0 Å². The van der Waals surface area contributed by atoms with Gasteiger partial charge in [0.1, 0.15) is 0 Å². The Morgan fingerprint density at radius 3 is 2.45 bits per heavy atom. The van der Waals surface area contributed by atoms with E-state index < -0.39 is 20.0 Å². The second-order valence-electron chi connectivity index (χ2n) is 3.81. The van der Waals surface area contributed by atoms with Crippen LogP contribution in [-0.2, 0) is 24.8 Å². The second kappa shape index (κ2) is 6.85. The first-order valence-corrected chi connectivity index (χ1v) is 9.55. The minimum absolute atomic E-state index is 0.0856. The maximum atomic E-state index is 11.7. The minimum Gasteiger partial charge on any atom is -0.381 e. The van der Waals surface area contributed by atoms with Crippen molar-refractivity contribution >= 4 is 41.7 Å². The Kier molecular flexibility index (Phi) is 5.95. The van der Waals surface area contributed by atoms with Gasteiger partial charge in [-0.3, -0.25) is 4.72 Å². The molecule has 0 bridgehead atoms. The highest BCUT2D eigenvalue weighted by Gasteiger charge is 2.15. The Balaban J connectivity index is 2.87. The summed E-state index contributed by atoms with van der Waals surface area (Å²) in [7, 11) is -7.40. The van der Waals surface area contributed by atoms with Crippen molar-refractivity contribution in [3.05, 3.63) is 22.7 Å². The van der Waals surface area contributed by atoms with E-state index in [1.54, 1.807) is 6.92 Å². The van der Waals surface area contributed by atoms with E-state index in [1.807, 2.05) is 0 Å². The van der Waals surface area contributed by atoms with Gasteiger partial charge in [-0.25, -0.2) is 22.0 Å². The highest BCUT2D eigenvalue weighted by molar-refractivity contribution is 9.10. The lowest BCUT2D eigenvalue weighted by atomic mass is 10.3. The van der Waals surface area contributed by atoms with Crippen LogP contribution in [0, 0.1) is 0 Å². The number of primary sulfonamides is 1. The maximum Gasteiger partial charge on any atom is 0.239 e. The van der Waals surface area contributed by atoms with Crippen LogP contribution >= 0.6 is 15.9 Å². The fourth-order valence-corrected chi connectivity index (χ4v) is 3.91. The maximum absolute atomic E-state index is 11.7. The largest absolute Gasteiger partial charge is 0.381 e. The van der Waals surface area contributed by atoms with Gasteiger partial charge in [-0.15, -0.1) is 0 Å². The lowest BCUT2D eigenvalue weighted by molar-refractivity contribution is 0.163. The van der Waals surface area contributed by atoms with E-state index in [1.165, 1.54) is 18.2 Å². The van der Waals surface area contributed by atoms with Gasteiger partial charge < -0.3 is 4.74 Å². The fourth-order valence-electron chi connectivity index (χ4n) is 1.34. The molecule has 0 heterocycles. The molecular formula is C10H15BrN2O5S2. The molecule has 0 fully saturated rings. The lowest BCUT2D eigenvalue weighted by Crippen LogP contribution is -2.20. The third kappa shape index (κ3) is 5.37. The van der Waals surface area contributed by atoms with E-state index in [4.69, 9.17) is 9.88 Å². The predicted molar refractivity (Wildman–Crippen MR) is 79.4 cm³/mol. The zero-order valence-corrected chi connectivity index (χ0v) is 13.9. The standard InChI is InChI=1S/C10H15BrN2O5S2/c1-2-18-5-6-19(14,15)13-8-3-4-10(9(11)7-8)20(12,16)17/h3-4,7,13H,2,5-6H2,1H3,(H2,12,16,17). The zero-order valence-electron chi connectivity index (χ0n) is 10.7. The van der Waals surface area contributed by atoms with Gasteiger partial charge in [0.25, 0.3) is 0 Å². The first-order chi connectivity index (χ1) is 9.15. The molecule has 1 rings (SSSR count). The van der Waals surface area contributed by atoms with E-state index in [0.717, 1.165) is 0 Å². The molecule has 20 heavy (non-hydrogen) atoms. The van der Waals surface area contributed by atoms with E-state index in [-0.39, 0.29) is 27.4 Å². The van der Waals surface area contributed by atoms with Crippen molar-refractivity contribution in [3.8, 4) is 0 Å². The molecule has 0 saturated carbocycles. The molecule has 0 aromatic heterocycles. The van der Waals surface area contributed by atoms with Crippen molar-refractivity contribution in [1.82, 2.24) is 0 Å². The van der Waals surface area contributed by atoms with Gasteiger partial charge >= 0.3 is 0 Å². The predicted octanol–water partition coefficient (Wildman–Crippen LogP) is 0.875. The number of hydrogen-bond donors (Lipinski definition) is 2. The zero-order chi connectivity index (χ0) is 15.4. The molecule has 0 unspecified atom stereocenters. The van der Waals surface area contributed by atoms with Gasteiger partial charge in [0.2, 0.25) is 20.0 Å². The monoisotopic (exact) mass is 386 g/mol. The van der Waals surface area contributed by atoms with Crippen LogP contribution in [0.5, 0.6) is 0 Å². The highest BCUT2D eigenvalue weighted by Crippen LogP contribution is 2.25. The summed E-state index contributed by atoms with van der Waals surface area (Å²) in [6.07, 6.45) is 0. The van der Waals surface area contributed by atoms with Crippen LogP contribution in [0.15, 0.2) is 27.6 Å². The first kappa shape index (κ1) is 17.4. The average Bonchev–Trinajstić information content (AvgIpc) is 2.26. The molecule has 1 aromatic carbocycles. The number of benzene rings is 1. The molecular weight excluding hydrogens is 372 g/mol. The molecule has 0 saturated heterocycles. The number of ether oxygens (including phenoxy) is 1. The van der Waals surface area contributed by atoms with Crippen molar-refractivity contribution in [3.63, 3.8) is 0 Å². The number of sulfonamides is 2. The summed E-state index contributed by atoms with van der Waals surface area (Å²) in [5, 5.41) is 5.00. The SMILES string of the molecule is CCOCCS(=O)(=O)Nc1ccc(S(N)(=O)=O)c(Br)c1. The number of hydrogen-bond acceptors (Lipinski definition) is 5. The van der Waals surface area contributed by atoms with Gasteiger partial charge in [-0.1, -0.05) is 0 Å². The van der Waals surface area contributed by atoms with Crippen LogP contribution in [0.25, 0.3) is 0 Å². The van der Waals surface area contributed by atoms with Crippen molar-refractivity contribution in [2.45, 2.75) is 11.8 Å². The third-order valence-corrected chi connectivity index (χ3v) is 5.35. The topological polar surface area (TPSA) is 116 Å². The van der Waals surface area contributed by atoms with E-state index in [9.17, 15) is 16.8 Å². The number of nitrogens with two attached hydrogens (primary N) is 1. The van der Waals surface area contributed by atoms with Crippen molar-refractivity contribution in [1.29, 1.82) is 0 Å². The van der Waals surface area contributed by atoms with Crippen LogP contribution < -0.4 is 9.86 Å². The number of halogens is 1. The summed E-state index contributed by atoms with van der Waals surface area (Å²) < 4.78 is 53.4. The molecule has 0 amide bonds. The molecule has 0 aliphatic rings. The molecule has 7 nitrogen and oxygen atoms in total. The van der Waals surface area contributed by atoms with Gasteiger partial charge in [0.05, 0.1) is 17.3 Å². The molecule has 0 atom stereocenters. The fraction of sp³-hybridized carbons (Fsp3) is 0.400. The molecule has 3 N–H and O–H groups in total. The first-order valence-electron chi connectivity index (χ1n) is 5.56. The van der Waals surface area contributed by atoms with Crippen molar-refractivity contribution in [2.75, 3.05) is 23.7 Å². The van der Waals surface area contributed by atoms with Gasteiger partial charge in [-0.05, 0) is 41.1 Å². The second-order valence-corrected chi connectivity index (χ2v) is 8.03. The lowest BCUT2D eigenvalue weighted by Gasteiger charge is -2.09. The van der Waals surface area contributed by atoms with Crippen LogP contribution in [-0.4, -0.2) is 35.8 Å². The summed E-state index contributed by atoms with van der Waals surface area (Å²) in [5.74, 6) is -0.185. The number of anilines is 1. The molecule has 10 heteroatoms. The Labute approximate surface area is 126 Å². The quantitative estimate of drug-likeness (QED) is 0.674. The normalized spacial score (nSPS) is 12.3. The Morgan fingerprint density at radius 2 is 1.95 bits per heavy atom. The molecule has 1 aromatic rings. The average molecular weight is 387 g/mol. The Morgan fingerprint density at radius 1 is 1.30 bits per heavy atom. The van der Waals surface area contributed by atoms with Gasteiger partial charge in [0.15, 0.2) is 0 Å². The minimum atomic E-state index is -3.86. The number of rotatable bonds is 7. The smallest absolute Gasteiger partial charge is 0.239 e. The summed E-state index contributed by atoms with van der Waals surface area (Å²) >= 11 is 3.04. The summed E-state index contributed by atoms with van der Waals surface area (Å²) in [6, 6.07) is 3.88. The highest BCUT2D eigenvalue weighted by atomic mass is 79.9. The summed E-state index contributed by atoms with van der Waals surface area (Å²) in [5.41, 5.74) is 0.237. The molecule has 0 radical (unpaired) electrons. The van der Waals surface area contributed by atoms with Crippen LogP contribution in [0.3, 0.4) is 0 Å². The Bertz CT molecular complexity index is 673. The van der Waals surface area contributed by atoms with Crippen LogP contribution in [0.2, 0.25) is 0 Å². The number of nitrogens with one attached hydrogen (secondary N) is 1. The Hall–Kier alpha value is -0.680. The van der Waals surface area contributed by atoms with Crippen molar-refractivity contribution < 1.29 is 21.6 Å². The van der Waals surface area contributed by atoms with Gasteiger partial charge in [0, 0.05) is 16.8 Å². The third-order valence-electron chi connectivity index (χ3n) is 2.21. The van der Waals surface area contributed by atoms with Crippen LogP contribution in [0.4, 0.5) is 5.69 Å². The molecule has 114 valence electrons. The summed E-state index contributed by atoms with van der Waals surface area (Å²) in [6.45, 7) is 2.29. The van der Waals surface area contributed by atoms with E-state index in [0.29, 0.717) is 6.61 Å². The van der Waals surface area contributed by atoms with Gasteiger partial charge in [-0.2, -0.15) is 0 Å². The molecule has 0 aliphatic carbocycles. The van der Waals surface area contributed by atoms with Crippen molar-refractivity contribution in [2.24, 2.45) is 5.14 Å². The van der Waals surface area contributed by atoms with Crippen LogP contribution in [0.1, 0.15) is 6.92 Å². The summed E-state index contributed by atoms with van der Waals surface area (Å²) in [4.78, 5) is -0.116. The molecule has 0 aliphatic heterocycles. The molecule has 0 spiro atoms. The van der Waals surface area contributed by atoms with E-state index in [2.05, 4.69) is 20.7 Å².